The second kappa shape index (κ2) is 11.6. The van der Waals surface area contributed by atoms with Crippen LogP contribution in [0.2, 0.25) is 0 Å². The highest BCUT2D eigenvalue weighted by Crippen LogP contribution is 2.84. The first-order chi connectivity index (χ1) is 16.2. The number of alkyl halides is 11. The molecule has 1 aromatic carbocycles. The molecule has 0 aliphatic rings. The van der Waals surface area contributed by atoms with Crippen molar-refractivity contribution < 1.29 is 57.1 Å². The van der Waals surface area contributed by atoms with Gasteiger partial charge in [0.15, 0.2) is 5.82 Å². The molecule has 36 heavy (non-hydrogen) atoms. The lowest BCUT2D eigenvalue weighted by Gasteiger charge is -2.43. The Bertz CT molecular complexity index is 845. The van der Waals surface area contributed by atoms with Gasteiger partial charge in [0, 0.05) is 12.5 Å². The number of hydrogen-bond donors (Lipinski definition) is 0. The monoisotopic (exact) mass is 569 g/mol. The maximum absolute atomic E-state index is 15.9. The summed E-state index contributed by atoms with van der Waals surface area (Å²) in [6.45, 7) is 1.38. The summed E-state index contributed by atoms with van der Waals surface area (Å²) in [6.07, 6.45) is -17.5. The van der Waals surface area contributed by atoms with Crippen LogP contribution in [0.3, 0.4) is 0 Å². The molecule has 0 nitrogen and oxygen atoms in total. The quantitative estimate of drug-likeness (QED) is 0.126. The first-order valence-electron chi connectivity index (χ1n) is 11.1. The molecule has 1 aromatic rings. The Morgan fingerprint density at radius 2 is 1.22 bits per heavy atom. The third-order valence-electron chi connectivity index (χ3n) is 5.95. The Morgan fingerprint density at radius 3 is 1.69 bits per heavy atom. The Morgan fingerprint density at radius 1 is 0.694 bits per heavy atom. The van der Waals surface area contributed by atoms with Crippen LogP contribution in [0.15, 0.2) is 18.2 Å². The van der Waals surface area contributed by atoms with Crippen LogP contribution in [0, 0.1) is 11.6 Å². The molecule has 0 fully saturated rings. The predicted octanol–water partition coefficient (Wildman–Crippen LogP) is 9.79. The Kier molecular flexibility index (Phi) is 10.6. The molecule has 0 radical (unpaired) electrons. The molecule has 0 saturated heterocycles. The standard InChI is InChI=1S/C22H27F13P/c1-3-4-13-36(22(34,35)20(29,30)31,17-14-15(23)9-10-16(17)24)21(32,33)18(2,25)11-7-5-6-8-12-19(26,27)28/h9-10,14H,3-8,11-13H2,1-2H3/q+1. The van der Waals surface area contributed by atoms with Crippen molar-refractivity contribution in [2.45, 2.75) is 94.6 Å². The van der Waals surface area contributed by atoms with E-state index in [1.54, 1.807) is 0 Å². The van der Waals surface area contributed by atoms with Gasteiger partial charge in [0.05, 0.1) is 6.16 Å². The van der Waals surface area contributed by atoms with Crippen molar-refractivity contribution in [3.63, 3.8) is 0 Å². The summed E-state index contributed by atoms with van der Waals surface area (Å²) in [5.74, 6) is -3.52. The van der Waals surface area contributed by atoms with Gasteiger partial charge >= 0.3 is 23.7 Å². The van der Waals surface area contributed by atoms with E-state index < -0.39 is 91.8 Å². The van der Waals surface area contributed by atoms with Gasteiger partial charge in [-0.25, -0.2) is 13.2 Å². The van der Waals surface area contributed by atoms with E-state index in [9.17, 15) is 35.1 Å². The minimum atomic E-state index is -6.65. The lowest BCUT2D eigenvalue weighted by atomic mass is 9.99. The lowest BCUT2D eigenvalue weighted by Crippen LogP contribution is -2.57. The Labute approximate surface area is 201 Å². The molecule has 14 heteroatoms. The van der Waals surface area contributed by atoms with Gasteiger partial charge in [-0.05, 0) is 44.7 Å². The fraction of sp³-hybridized carbons (Fsp3) is 0.727. The second-order valence-corrected chi connectivity index (χ2v) is 12.5. The summed E-state index contributed by atoms with van der Waals surface area (Å²) >= 11 is 0. The largest absolute Gasteiger partial charge is 0.494 e. The average molecular weight is 569 g/mol. The number of hydrogen-bond acceptors (Lipinski definition) is 0. The first-order valence-corrected chi connectivity index (χ1v) is 13.1. The highest BCUT2D eigenvalue weighted by Gasteiger charge is 2.89. The van der Waals surface area contributed by atoms with Crippen molar-refractivity contribution in [3.05, 3.63) is 29.8 Å². The molecule has 0 bridgehead atoms. The SMILES string of the molecule is CCCC[P+](c1cc(F)ccc1F)(C(F)(F)C(F)(F)F)C(F)(F)C(C)(F)CCCCCCC(F)(F)F. The van der Waals surface area contributed by atoms with E-state index in [4.69, 9.17) is 0 Å². The van der Waals surface area contributed by atoms with E-state index in [2.05, 4.69) is 0 Å². The van der Waals surface area contributed by atoms with Crippen LogP contribution < -0.4 is 5.30 Å². The Balaban J connectivity index is 3.59. The van der Waals surface area contributed by atoms with Gasteiger partial charge in [0.25, 0.3) is 0 Å². The van der Waals surface area contributed by atoms with Gasteiger partial charge in [-0.3, -0.25) is 0 Å². The molecule has 210 valence electrons. The highest BCUT2D eigenvalue weighted by molar-refractivity contribution is 7.85. The molecule has 2 atom stereocenters. The molecule has 0 spiro atoms. The normalized spacial score (nSPS) is 17.1. The maximum atomic E-state index is 15.9. The maximum Gasteiger partial charge on any atom is 0.494 e. The van der Waals surface area contributed by atoms with Gasteiger partial charge in [-0.2, -0.15) is 43.9 Å². The minimum absolute atomic E-state index is 0.104. The van der Waals surface area contributed by atoms with Crippen LogP contribution in [0.4, 0.5) is 57.1 Å². The van der Waals surface area contributed by atoms with Crippen molar-refractivity contribution in [2.75, 3.05) is 6.16 Å². The van der Waals surface area contributed by atoms with Crippen molar-refractivity contribution in [3.8, 4) is 0 Å². The van der Waals surface area contributed by atoms with Crippen molar-refractivity contribution in [1.29, 1.82) is 0 Å². The molecule has 1 rings (SSSR count). The topological polar surface area (TPSA) is 0 Å². The summed E-state index contributed by atoms with van der Waals surface area (Å²) < 4.78 is 183. The van der Waals surface area contributed by atoms with E-state index in [-0.39, 0.29) is 38.3 Å². The molecule has 0 aromatic heterocycles. The summed E-state index contributed by atoms with van der Waals surface area (Å²) in [5.41, 5.74) is -15.8. The molecule has 0 amide bonds. The van der Waals surface area contributed by atoms with Crippen molar-refractivity contribution in [1.82, 2.24) is 0 Å². The van der Waals surface area contributed by atoms with E-state index >= 15 is 22.0 Å². The Hall–Kier alpha value is -1.26. The summed E-state index contributed by atoms with van der Waals surface area (Å²) in [4.78, 5) is 0. The summed E-state index contributed by atoms with van der Waals surface area (Å²) in [7, 11) is -6.59. The van der Waals surface area contributed by atoms with Gasteiger partial charge < -0.3 is 0 Å². The number of rotatable bonds is 13. The summed E-state index contributed by atoms with van der Waals surface area (Å²) in [5, 5.41) is -1.91. The highest BCUT2D eigenvalue weighted by atomic mass is 31.2. The fourth-order valence-corrected chi connectivity index (χ4v) is 8.63. The minimum Gasteiger partial charge on any atom is -0.233 e. The van der Waals surface area contributed by atoms with Gasteiger partial charge in [0.2, 0.25) is 12.9 Å². The average Bonchev–Trinajstić information content (AvgIpc) is 2.71. The smallest absolute Gasteiger partial charge is 0.233 e. The van der Waals surface area contributed by atoms with E-state index in [1.165, 1.54) is 6.92 Å². The van der Waals surface area contributed by atoms with Gasteiger partial charge in [0.1, 0.15) is 11.1 Å². The van der Waals surface area contributed by atoms with Crippen LogP contribution in [-0.2, 0) is 0 Å². The third kappa shape index (κ3) is 6.78. The molecular weight excluding hydrogens is 542 g/mol. The predicted molar refractivity (Wildman–Crippen MR) is 112 cm³/mol. The van der Waals surface area contributed by atoms with E-state index in [0.717, 1.165) is 0 Å². The number of unbranched alkanes of at least 4 members (excludes halogenated alkanes) is 4. The molecule has 0 N–H and O–H groups in total. The first kappa shape index (κ1) is 32.8. The molecule has 0 saturated carbocycles. The lowest BCUT2D eigenvalue weighted by molar-refractivity contribution is -0.245. The fourth-order valence-electron chi connectivity index (χ4n) is 3.95. The molecule has 0 aliphatic heterocycles. The third-order valence-corrected chi connectivity index (χ3v) is 10.7. The van der Waals surface area contributed by atoms with Gasteiger partial charge in [-0.1, -0.05) is 26.2 Å². The van der Waals surface area contributed by atoms with Crippen molar-refractivity contribution >= 4 is 12.6 Å². The zero-order valence-electron chi connectivity index (χ0n) is 19.5. The number of halogens is 13. The van der Waals surface area contributed by atoms with E-state index in [1.807, 2.05) is 0 Å². The van der Waals surface area contributed by atoms with Crippen LogP contribution in [0.25, 0.3) is 0 Å². The van der Waals surface area contributed by atoms with Crippen LogP contribution in [-0.4, -0.2) is 35.5 Å². The molecule has 0 aliphatic carbocycles. The van der Waals surface area contributed by atoms with E-state index in [0.29, 0.717) is 6.07 Å². The number of benzene rings is 1. The molecular formula is C22H27F13P+. The summed E-state index contributed by atoms with van der Waals surface area (Å²) in [6, 6.07) is 0.302. The van der Waals surface area contributed by atoms with Crippen LogP contribution in [0.5, 0.6) is 0 Å². The zero-order chi connectivity index (χ0) is 28.2. The van der Waals surface area contributed by atoms with Crippen molar-refractivity contribution in [2.24, 2.45) is 0 Å². The van der Waals surface area contributed by atoms with Gasteiger partial charge in [-0.15, -0.1) is 0 Å². The molecule has 0 heterocycles. The zero-order valence-corrected chi connectivity index (χ0v) is 20.4. The second-order valence-electron chi connectivity index (χ2n) is 8.79. The molecule has 2 unspecified atom stereocenters. The van der Waals surface area contributed by atoms with Crippen LogP contribution in [0.1, 0.15) is 65.2 Å². The van der Waals surface area contributed by atoms with Crippen LogP contribution >= 0.6 is 7.26 Å².